The van der Waals surface area contributed by atoms with Crippen molar-refractivity contribution in [1.29, 1.82) is 0 Å². The number of ether oxygens (including phenoxy) is 1. The lowest BCUT2D eigenvalue weighted by atomic mass is 9.97. The second-order valence-electron chi connectivity index (χ2n) is 5.24. The second kappa shape index (κ2) is 6.10. The van der Waals surface area contributed by atoms with E-state index in [9.17, 15) is 0 Å². The molecule has 3 aromatic rings. The zero-order valence-electron chi connectivity index (χ0n) is 12.5. The third-order valence-corrected chi connectivity index (χ3v) is 3.96. The van der Waals surface area contributed by atoms with E-state index >= 15 is 0 Å². The highest BCUT2D eigenvalue weighted by atomic mass is 16.5. The van der Waals surface area contributed by atoms with Gasteiger partial charge in [-0.15, -0.1) is 0 Å². The lowest BCUT2D eigenvalue weighted by Gasteiger charge is -2.19. The van der Waals surface area contributed by atoms with Crippen LogP contribution >= 0.6 is 0 Å². The first kappa shape index (κ1) is 13.8. The van der Waals surface area contributed by atoms with Gasteiger partial charge in [0.15, 0.2) is 0 Å². The highest BCUT2D eigenvalue weighted by Crippen LogP contribution is 2.28. The average molecular weight is 280 g/mol. The second-order valence-corrected chi connectivity index (χ2v) is 5.24. The van der Waals surface area contributed by atoms with Crippen molar-refractivity contribution in [2.45, 2.75) is 26.0 Å². The van der Waals surface area contributed by atoms with Crippen LogP contribution in [0.2, 0.25) is 0 Å². The molecule has 3 nitrogen and oxygen atoms in total. The minimum absolute atomic E-state index is 0.0232. The molecule has 3 rings (SSSR count). The van der Waals surface area contributed by atoms with Crippen LogP contribution in [0.1, 0.15) is 24.2 Å². The van der Waals surface area contributed by atoms with Gasteiger partial charge in [-0.05, 0) is 28.3 Å². The minimum atomic E-state index is 0.0232. The maximum atomic E-state index is 5.74. The van der Waals surface area contributed by atoms with Gasteiger partial charge in [-0.1, -0.05) is 43.3 Å². The molecule has 0 fully saturated rings. The van der Waals surface area contributed by atoms with E-state index in [1.165, 1.54) is 21.9 Å². The molecule has 2 aromatic carbocycles. The molecule has 0 N–H and O–H groups in total. The van der Waals surface area contributed by atoms with E-state index in [1.807, 2.05) is 12.5 Å². The van der Waals surface area contributed by atoms with Crippen molar-refractivity contribution in [3.05, 3.63) is 66.2 Å². The van der Waals surface area contributed by atoms with Gasteiger partial charge in [-0.2, -0.15) is 0 Å². The van der Waals surface area contributed by atoms with Crippen molar-refractivity contribution in [3.63, 3.8) is 0 Å². The average Bonchev–Trinajstić information content (AvgIpc) is 3.04. The fraction of sp³-hybridized carbons (Fsp3) is 0.278. The summed E-state index contributed by atoms with van der Waals surface area (Å²) >= 11 is 0. The molecule has 0 aliphatic heterocycles. The lowest BCUT2D eigenvalue weighted by Crippen LogP contribution is -2.10. The van der Waals surface area contributed by atoms with Gasteiger partial charge in [0.1, 0.15) is 6.10 Å². The monoisotopic (exact) mass is 280 g/mol. The first-order valence-corrected chi connectivity index (χ1v) is 7.32. The molecule has 1 unspecified atom stereocenters. The number of imidazole rings is 1. The van der Waals surface area contributed by atoms with E-state index in [2.05, 4.69) is 52.9 Å². The van der Waals surface area contributed by atoms with E-state index in [1.54, 1.807) is 13.3 Å². The number of fused-ring (bicyclic) bond motifs is 1. The maximum absolute atomic E-state index is 5.74. The van der Waals surface area contributed by atoms with E-state index in [0.717, 1.165) is 13.0 Å². The van der Waals surface area contributed by atoms with Gasteiger partial charge in [0.2, 0.25) is 0 Å². The third kappa shape index (κ3) is 2.83. The van der Waals surface area contributed by atoms with Crippen molar-refractivity contribution in [3.8, 4) is 0 Å². The highest BCUT2D eigenvalue weighted by Gasteiger charge is 2.14. The van der Waals surface area contributed by atoms with Crippen LogP contribution in [-0.2, 0) is 17.7 Å². The molecule has 0 aliphatic rings. The molecule has 1 aromatic heterocycles. The van der Waals surface area contributed by atoms with Gasteiger partial charge in [0, 0.05) is 19.5 Å². The van der Waals surface area contributed by atoms with Crippen molar-refractivity contribution in [2.24, 2.45) is 0 Å². The molecule has 0 amide bonds. The Morgan fingerprint density at radius 1 is 1.24 bits per heavy atom. The zero-order valence-corrected chi connectivity index (χ0v) is 12.5. The summed E-state index contributed by atoms with van der Waals surface area (Å²) in [6.07, 6.45) is 6.66. The summed E-state index contributed by atoms with van der Waals surface area (Å²) in [4.78, 5) is 4.10. The van der Waals surface area contributed by atoms with Crippen molar-refractivity contribution >= 4 is 10.8 Å². The Balaban J connectivity index is 2.04. The Kier molecular flexibility index (Phi) is 4.02. The van der Waals surface area contributed by atoms with Gasteiger partial charge < -0.3 is 9.30 Å². The van der Waals surface area contributed by atoms with Crippen LogP contribution in [0.15, 0.2) is 55.1 Å². The predicted octanol–water partition coefficient (Wildman–Crippen LogP) is 3.99. The molecule has 21 heavy (non-hydrogen) atoms. The van der Waals surface area contributed by atoms with E-state index < -0.39 is 0 Å². The summed E-state index contributed by atoms with van der Waals surface area (Å²) in [5.41, 5.74) is 2.59. The molecule has 108 valence electrons. The van der Waals surface area contributed by atoms with E-state index in [-0.39, 0.29) is 6.10 Å². The standard InChI is InChI=1S/C18H20N2O/c1-3-14-7-8-15-5-4-6-16(17(15)11-14)18(21-2)12-20-10-9-19-13-20/h4-11,13,18H,3,12H2,1-2H3. The van der Waals surface area contributed by atoms with Crippen LogP contribution < -0.4 is 0 Å². The molecule has 0 saturated heterocycles. The topological polar surface area (TPSA) is 27.1 Å². The smallest absolute Gasteiger partial charge is 0.101 e. The number of hydrogen-bond donors (Lipinski definition) is 0. The molecule has 0 aliphatic carbocycles. The number of methoxy groups -OCH3 is 1. The maximum Gasteiger partial charge on any atom is 0.101 e. The molecular formula is C18H20N2O. The fourth-order valence-corrected chi connectivity index (χ4v) is 2.73. The summed E-state index contributed by atoms with van der Waals surface area (Å²) in [5.74, 6) is 0. The van der Waals surface area contributed by atoms with E-state index in [0.29, 0.717) is 0 Å². The normalized spacial score (nSPS) is 12.7. The van der Waals surface area contributed by atoms with Crippen molar-refractivity contribution in [1.82, 2.24) is 9.55 Å². The number of rotatable bonds is 5. The lowest BCUT2D eigenvalue weighted by molar-refractivity contribution is 0.0890. The number of hydrogen-bond acceptors (Lipinski definition) is 2. The van der Waals surface area contributed by atoms with Gasteiger partial charge >= 0.3 is 0 Å². The van der Waals surface area contributed by atoms with Crippen LogP contribution in [0.5, 0.6) is 0 Å². The predicted molar refractivity (Wildman–Crippen MR) is 85.3 cm³/mol. The summed E-state index contributed by atoms with van der Waals surface area (Å²) in [5, 5.41) is 2.54. The minimum Gasteiger partial charge on any atom is -0.375 e. The first-order valence-electron chi connectivity index (χ1n) is 7.32. The van der Waals surface area contributed by atoms with Crippen LogP contribution in [0.4, 0.5) is 0 Å². The van der Waals surface area contributed by atoms with Crippen LogP contribution in [0.25, 0.3) is 10.8 Å². The molecule has 0 bridgehead atoms. The molecule has 1 atom stereocenters. The van der Waals surface area contributed by atoms with Crippen LogP contribution in [0, 0.1) is 0 Å². The Labute approximate surface area is 125 Å². The molecule has 3 heteroatoms. The quantitative estimate of drug-likeness (QED) is 0.706. The highest BCUT2D eigenvalue weighted by molar-refractivity contribution is 5.86. The summed E-state index contributed by atoms with van der Waals surface area (Å²) < 4.78 is 7.79. The Hall–Kier alpha value is -2.13. The Bertz CT molecular complexity index is 719. The van der Waals surface area contributed by atoms with Gasteiger partial charge in [-0.3, -0.25) is 0 Å². The summed E-state index contributed by atoms with van der Waals surface area (Å²) in [7, 11) is 1.77. The molecule has 0 radical (unpaired) electrons. The molecular weight excluding hydrogens is 260 g/mol. The summed E-state index contributed by atoms with van der Waals surface area (Å²) in [6.45, 7) is 2.95. The largest absolute Gasteiger partial charge is 0.375 e. The number of aryl methyl sites for hydroxylation is 1. The van der Waals surface area contributed by atoms with E-state index in [4.69, 9.17) is 4.74 Å². The van der Waals surface area contributed by atoms with Crippen molar-refractivity contribution in [2.75, 3.05) is 7.11 Å². The number of aromatic nitrogens is 2. The van der Waals surface area contributed by atoms with Crippen LogP contribution in [-0.4, -0.2) is 16.7 Å². The van der Waals surface area contributed by atoms with Gasteiger partial charge in [0.25, 0.3) is 0 Å². The first-order chi connectivity index (χ1) is 10.3. The van der Waals surface area contributed by atoms with Crippen molar-refractivity contribution < 1.29 is 4.74 Å². The third-order valence-electron chi connectivity index (χ3n) is 3.96. The van der Waals surface area contributed by atoms with Gasteiger partial charge in [-0.25, -0.2) is 4.98 Å². The Morgan fingerprint density at radius 2 is 2.14 bits per heavy atom. The Morgan fingerprint density at radius 3 is 2.86 bits per heavy atom. The summed E-state index contributed by atoms with van der Waals surface area (Å²) in [6, 6.07) is 13.1. The molecule has 0 spiro atoms. The zero-order chi connectivity index (χ0) is 14.7. The number of nitrogens with zero attached hydrogens (tertiary/aromatic N) is 2. The SMILES string of the molecule is CCc1ccc2cccc(C(Cn3ccnc3)OC)c2c1. The molecule has 0 saturated carbocycles. The van der Waals surface area contributed by atoms with Crippen LogP contribution in [0.3, 0.4) is 0 Å². The van der Waals surface area contributed by atoms with Gasteiger partial charge in [0.05, 0.1) is 12.9 Å². The molecule has 1 heterocycles. The number of benzene rings is 2. The fourth-order valence-electron chi connectivity index (χ4n) is 2.73.